The van der Waals surface area contributed by atoms with Crippen molar-refractivity contribution in [2.24, 2.45) is 13.0 Å². The summed E-state index contributed by atoms with van der Waals surface area (Å²) in [5.41, 5.74) is 2.92. The molecular weight excluding hydrogens is 302 g/mol. The van der Waals surface area contributed by atoms with Crippen molar-refractivity contribution in [3.8, 4) is 17.3 Å². The normalized spacial score (nSPS) is 15.1. The quantitative estimate of drug-likeness (QED) is 0.943. The Morgan fingerprint density at radius 2 is 2.04 bits per heavy atom. The fourth-order valence-electron chi connectivity index (χ4n) is 3.00. The van der Waals surface area contributed by atoms with Crippen LogP contribution in [0, 0.1) is 17.2 Å². The fraction of sp³-hybridized carbons (Fsp3) is 0.389. The number of likely N-dealkylation sites (tertiary alicyclic amines) is 1. The van der Waals surface area contributed by atoms with Crippen molar-refractivity contribution in [3.63, 3.8) is 0 Å². The van der Waals surface area contributed by atoms with Crippen LogP contribution in [0.2, 0.25) is 0 Å². The largest absolute Gasteiger partial charge is 0.334 e. The van der Waals surface area contributed by atoms with Gasteiger partial charge in [-0.15, -0.1) is 0 Å². The fourth-order valence-corrected chi connectivity index (χ4v) is 3.00. The minimum atomic E-state index is -0.0748. The van der Waals surface area contributed by atoms with Gasteiger partial charge in [-0.1, -0.05) is 30.3 Å². The summed E-state index contributed by atoms with van der Waals surface area (Å²) in [4.78, 5) is 14.1. The Hall–Kier alpha value is -2.81. The molecule has 0 saturated carbocycles. The van der Waals surface area contributed by atoms with Crippen molar-refractivity contribution in [2.45, 2.75) is 19.4 Å². The molecule has 0 atom stereocenters. The number of carbonyl (C=O) groups is 1. The van der Waals surface area contributed by atoms with Crippen LogP contribution >= 0.6 is 0 Å². The topological polar surface area (TPSA) is 74.0 Å². The van der Waals surface area contributed by atoms with E-state index in [-0.39, 0.29) is 11.9 Å². The van der Waals surface area contributed by atoms with E-state index in [9.17, 15) is 4.79 Å². The second-order valence-corrected chi connectivity index (χ2v) is 6.09. The SMILES string of the molecule is Cn1cc(CNC(=O)N2CCC(C#N)CC2)c(-c2ccccc2)n1. The van der Waals surface area contributed by atoms with Crippen molar-refractivity contribution >= 4 is 6.03 Å². The first-order valence-electron chi connectivity index (χ1n) is 8.17. The monoisotopic (exact) mass is 323 g/mol. The maximum atomic E-state index is 12.3. The Kier molecular flexibility index (Phi) is 4.80. The summed E-state index contributed by atoms with van der Waals surface area (Å²) in [5, 5.41) is 16.4. The molecule has 1 fully saturated rings. The van der Waals surface area contributed by atoms with E-state index in [1.165, 1.54) is 0 Å². The smallest absolute Gasteiger partial charge is 0.317 e. The Labute approximate surface area is 141 Å². The lowest BCUT2D eigenvalue weighted by Crippen LogP contribution is -2.44. The summed E-state index contributed by atoms with van der Waals surface area (Å²) in [6.45, 7) is 1.72. The molecule has 2 amide bonds. The third kappa shape index (κ3) is 3.57. The number of nitriles is 1. The highest BCUT2D eigenvalue weighted by Gasteiger charge is 2.22. The molecule has 0 unspecified atom stereocenters. The zero-order chi connectivity index (χ0) is 16.9. The summed E-state index contributed by atoms with van der Waals surface area (Å²) >= 11 is 0. The number of carbonyl (C=O) groups excluding carboxylic acids is 1. The molecule has 1 aliphatic rings. The van der Waals surface area contributed by atoms with Crippen LogP contribution in [-0.2, 0) is 13.6 Å². The summed E-state index contributed by atoms with van der Waals surface area (Å²) in [7, 11) is 1.88. The number of hydrogen-bond donors (Lipinski definition) is 1. The highest BCUT2D eigenvalue weighted by Crippen LogP contribution is 2.21. The van der Waals surface area contributed by atoms with Gasteiger partial charge in [0, 0.05) is 49.9 Å². The maximum absolute atomic E-state index is 12.3. The number of aromatic nitrogens is 2. The van der Waals surface area contributed by atoms with Crippen LogP contribution < -0.4 is 5.32 Å². The van der Waals surface area contributed by atoms with Crippen molar-refractivity contribution in [3.05, 3.63) is 42.1 Å². The van der Waals surface area contributed by atoms with Crippen LogP contribution in [0.4, 0.5) is 4.79 Å². The third-order valence-electron chi connectivity index (χ3n) is 4.35. The minimum absolute atomic E-state index is 0.0748. The highest BCUT2D eigenvalue weighted by molar-refractivity contribution is 5.74. The first kappa shape index (κ1) is 16.1. The summed E-state index contributed by atoms with van der Waals surface area (Å²) in [5.74, 6) is 0.0806. The Morgan fingerprint density at radius 3 is 2.71 bits per heavy atom. The molecule has 6 heteroatoms. The summed E-state index contributed by atoms with van der Waals surface area (Å²) in [6.07, 6.45) is 3.45. The van der Waals surface area contributed by atoms with Gasteiger partial charge < -0.3 is 10.2 Å². The maximum Gasteiger partial charge on any atom is 0.317 e. The second kappa shape index (κ2) is 7.18. The first-order valence-corrected chi connectivity index (χ1v) is 8.17. The van der Waals surface area contributed by atoms with Gasteiger partial charge in [-0.3, -0.25) is 4.68 Å². The van der Waals surface area contributed by atoms with Gasteiger partial charge in [0.05, 0.1) is 11.8 Å². The van der Waals surface area contributed by atoms with E-state index in [2.05, 4.69) is 16.5 Å². The number of urea groups is 1. The van der Waals surface area contributed by atoms with Gasteiger partial charge in [0.15, 0.2) is 0 Å². The molecule has 1 N–H and O–H groups in total. The van der Waals surface area contributed by atoms with Crippen LogP contribution in [0.1, 0.15) is 18.4 Å². The van der Waals surface area contributed by atoms with Gasteiger partial charge in [-0.25, -0.2) is 4.79 Å². The summed E-state index contributed by atoms with van der Waals surface area (Å²) in [6, 6.07) is 12.2. The van der Waals surface area contributed by atoms with E-state index in [1.54, 1.807) is 9.58 Å². The van der Waals surface area contributed by atoms with E-state index in [4.69, 9.17) is 5.26 Å². The van der Waals surface area contributed by atoms with E-state index < -0.39 is 0 Å². The Morgan fingerprint density at radius 1 is 1.33 bits per heavy atom. The molecular formula is C18H21N5O. The van der Waals surface area contributed by atoms with Gasteiger partial charge in [0.25, 0.3) is 0 Å². The number of piperidine rings is 1. The number of nitrogens with zero attached hydrogens (tertiary/aromatic N) is 4. The zero-order valence-electron chi connectivity index (χ0n) is 13.8. The van der Waals surface area contributed by atoms with E-state index in [0.717, 1.165) is 29.7 Å². The molecule has 1 aromatic heterocycles. The van der Waals surface area contributed by atoms with E-state index >= 15 is 0 Å². The minimum Gasteiger partial charge on any atom is -0.334 e. The van der Waals surface area contributed by atoms with Crippen LogP contribution in [0.5, 0.6) is 0 Å². The molecule has 0 bridgehead atoms. The molecule has 2 heterocycles. The van der Waals surface area contributed by atoms with Crippen molar-refractivity contribution in [2.75, 3.05) is 13.1 Å². The molecule has 6 nitrogen and oxygen atoms in total. The van der Waals surface area contributed by atoms with Crippen LogP contribution in [0.3, 0.4) is 0 Å². The van der Waals surface area contributed by atoms with Crippen LogP contribution in [0.15, 0.2) is 36.5 Å². The van der Waals surface area contributed by atoms with Crippen LogP contribution in [-0.4, -0.2) is 33.8 Å². The number of amides is 2. The Balaban J connectivity index is 1.63. The van der Waals surface area contributed by atoms with E-state index in [0.29, 0.717) is 19.6 Å². The number of aryl methyl sites for hydroxylation is 1. The average Bonchev–Trinajstić information content (AvgIpc) is 3.01. The first-order chi connectivity index (χ1) is 11.7. The lowest BCUT2D eigenvalue weighted by Gasteiger charge is -2.29. The number of rotatable bonds is 3. The average molecular weight is 323 g/mol. The molecule has 1 aliphatic heterocycles. The zero-order valence-corrected chi connectivity index (χ0v) is 13.8. The Bertz CT molecular complexity index is 739. The number of hydrogen-bond acceptors (Lipinski definition) is 3. The molecule has 1 aromatic carbocycles. The lowest BCUT2D eigenvalue weighted by molar-refractivity contribution is 0.178. The molecule has 124 valence electrons. The van der Waals surface area contributed by atoms with Crippen molar-refractivity contribution in [1.29, 1.82) is 5.26 Å². The summed E-state index contributed by atoms with van der Waals surface area (Å²) < 4.78 is 1.77. The van der Waals surface area contributed by atoms with Gasteiger partial charge in [-0.2, -0.15) is 10.4 Å². The lowest BCUT2D eigenvalue weighted by atomic mass is 9.99. The second-order valence-electron chi connectivity index (χ2n) is 6.09. The van der Waals surface area contributed by atoms with Gasteiger partial charge in [-0.05, 0) is 12.8 Å². The highest BCUT2D eigenvalue weighted by atomic mass is 16.2. The molecule has 24 heavy (non-hydrogen) atoms. The molecule has 0 spiro atoms. The van der Waals surface area contributed by atoms with Crippen molar-refractivity contribution in [1.82, 2.24) is 20.0 Å². The van der Waals surface area contributed by atoms with Gasteiger partial charge >= 0.3 is 6.03 Å². The number of benzene rings is 1. The molecule has 0 aliphatic carbocycles. The van der Waals surface area contributed by atoms with Gasteiger partial charge in [0.2, 0.25) is 0 Å². The molecule has 3 rings (SSSR count). The molecule has 0 radical (unpaired) electrons. The predicted octanol–water partition coefficient (Wildman–Crippen LogP) is 2.53. The predicted molar refractivity (Wildman–Crippen MR) is 90.8 cm³/mol. The standard InChI is InChI=1S/C18H21N5O/c1-22-13-16(17(21-22)15-5-3-2-4-6-15)12-20-18(24)23-9-7-14(11-19)8-10-23/h2-6,13-14H,7-10,12H2,1H3,(H,20,24). The van der Waals surface area contributed by atoms with Crippen molar-refractivity contribution < 1.29 is 4.79 Å². The number of nitrogens with one attached hydrogen (secondary N) is 1. The molecule has 2 aromatic rings. The van der Waals surface area contributed by atoms with Gasteiger partial charge in [0.1, 0.15) is 0 Å². The molecule has 1 saturated heterocycles. The third-order valence-corrected chi connectivity index (χ3v) is 4.35. The van der Waals surface area contributed by atoms with E-state index in [1.807, 2.05) is 43.6 Å². The van der Waals surface area contributed by atoms with Crippen LogP contribution in [0.25, 0.3) is 11.3 Å².